The number of amides is 1. The van der Waals surface area contributed by atoms with Crippen molar-refractivity contribution in [2.45, 2.75) is 19.2 Å². The van der Waals surface area contributed by atoms with Crippen molar-refractivity contribution in [2.75, 3.05) is 24.5 Å². The number of alkyl halides is 1. The number of fused-ring (bicyclic) bond motifs is 1. The number of benzene rings is 1. The molecule has 1 aliphatic rings. The summed E-state index contributed by atoms with van der Waals surface area (Å²) < 4.78 is 23.8. The summed E-state index contributed by atoms with van der Waals surface area (Å²) in [7, 11) is 1.85. The van der Waals surface area contributed by atoms with E-state index < -0.39 is 12.3 Å². The minimum absolute atomic E-state index is 0.185. The molecule has 34 heavy (non-hydrogen) atoms. The molecular weight excluding hydrogens is 437 g/mol. The SMILES string of the molecule is Cn1cc(-c2cn3nccc3c(N3CC[C@H](CNC(=O)OCc4ccccc4)[C@H](F)C3)n2)cn1. The second-order valence-electron chi connectivity index (χ2n) is 8.47. The number of halogens is 1. The van der Waals surface area contributed by atoms with E-state index in [4.69, 9.17) is 9.72 Å². The van der Waals surface area contributed by atoms with Gasteiger partial charge in [0.15, 0.2) is 5.82 Å². The Hall–Kier alpha value is -3.95. The number of alkyl carbamates (subject to hydrolysis) is 1. The average Bonchev–Trinajstić information content (AvgIpc) is 3.51. The lowest BCUT2D eigenvalue weighted by Gasteiger charge is -2.35. The van der Waals surface area contributed by atoms with Crippen molar-refractivity contribution in [3.63, 3.8) is 0 Å². The lowest BCUT2D eigenvalue weighted by atomic mass is 9.95. The van der Waals surface area contributed by atoms with Crippen molar-refractivity contribution in [1.29, 1.82) is 0 Å². The fourth-order valence-electron chi connectivity index (χ4n) is 4.20. The zero-order chi connectivity index (χ0) is 23.5. The molecule has 4 heterocycles. The number of hydrogen-bond acceptors (Lipinski definition) is 6. The summed E-state index contributed by atoms with van der Waals surface area (Å²) in [5, 5.41) is 11.3. The largest absolute Gasteiger partial charge is 0.445 e. The third kappa shape index (κ3) is 4.70. The molecule has 1 saturated heterocycles. The Balaban J connectivity index is 1.22. The molecule has 3 aromatic heterocycles. The van der Waals surface area contributed by atoms with Crippen LogP contribution in [0.1, 0.15) is 12.0 Å². The van der Waals surface area contributed by atoms with Crippen molar-refractivity contribution < 1.29 is 13.9 Å². The maximum absolute atomic E-state index is 15.1. The van der Waals surface area contributed by atoms with Gasteiger partial charge in [0.1, 0.15) is 18.3 Å². The summed E-state index contributed by atoms with van der Waals surface area (Å²) in [5.41, 5.74) is 3.31. The number of nitrogens with one attached hydrogen (secondary N) is 1. The van der Waals surface area contributed by atoms with E-state index in [1.54, 1.807) is 21.6 Å². The van der Waals surface area contributed by atoms with Gasteiger partial charge in [0.25, 0.3) is 0 Å². The smallest absolute Gasteiger partial charge is 0.407 e. The Kier molecular flexibility index (Phi) is 6.11. The summed E-state index contributed by atoms with van der Waals surface area (Å²) >= 11 is 0. The summed E-state index contributed by atoms with van der Waals surface area (Å²) in [6.07, 6.45) is 6.11. The molecule has 0 aliphatic carbocycles. The second-order valence-corrected chi connectivity index (χ2v) is 8.47. The molecule has 2 atom stereocenters. The minimum Gasteiger partial charge on any atom is -0.445 e. The quantitative estimate of drug-likeness (QED) is 0.472. The fourth-order valence-corrected chi connectivity index (χ4v) is 4.20. The van der Waals surface area contributed by atoms with Crippen molar-refractivity contribution in [3.05, 3.63) is 66.7 Å². The van der Waals surface area contributed by atoms with Gasteiger partial charge in [0.05, 0.1) is 30.8 Å². The number of aromatic nitrogens is 5. The standard InChI is InChI=1S/C24H26FN7O2/c1-30-13-19(12-28-30)21-15-32-22(7-9-27-32)23(29-21)31-10-8-18(20(25)14-31)11-26-24(33)34-16-17-5-3-2-4-6-17/h2-7,9,12-13,15,18,20H,8,10-11,14,16H2,1H3,(H,26,33)/t18-,20-/m1/s1. The van der Waals surface area contributed by atoms with E-state index in [9.17, 15) is 4.79 Å². The molecule has 176 valence electrons. The molecule has 1 aliphatic heterocycles. The summed E-state index contributed by atoms with van der Waals surface area (Å²) in [6, 6.07) is 11.3. The van der Waals surface area contributed by atoms with Crippen LogP contribution >= 0.6 is 0 Å². The number of anilines is 1. The van der Waals surface area contributed by atoms with Crippen LogP contribution in [0.4, 0.5) is 15.0 Å². The molecule has 5 rings (SSSR count). The van der Waals surface area contributed by atoms with Crippen LogP contribution in [-0.2, 0) is 18.4 Å². The highest BCUT2D eigenvalue weighted by atomic mass is 19.1. The molecular formula is C24H26FN7O2. The first kappa shape index (κ1) is 21.9. The molecule has 4 aromatic rings. The molecule has 10 heteroatoms. The molecule has 1 aromatic carbocycles. The van der Waals surface area contributed by atoms with Gasteiger partial charge in [-0.2, -0.15) is 10.2 Å². The van der Waals surface area contributed by atoms with Crippen LogP contribution in [0.25, 0.3) is 16.8 Å². The average molecular weight is 464 g/mol. The van der Waals surface area contributed by atoms with Crippen LogP contribution in [0, 0.1) is 5.92 Å². The summed E-state index contributed by atoms with van der Waals surface area (Å²) in [6.45, 7) is 1.23. The fraction of sp³-hybridized carbons (Fsp3) is 0.333. The van der Waals surface area contributed by atoms with Gasteiger partial charge in [-0.25, -0.2) is 18.7 Å². The van der Waals surface area contributed by atoms with Crippen molar-refractivity contribution in [2.24, 2.45) is 13.0 Å². The first-order valence-electron chi connectivity index (χ1n) is 11.2. The van der Waals surface area contributed by atoms with Crippen LogP contribution in [0.2, 0.25) is 0 Å². The highest BCUT2D eigenvalue weighted by Gasteiger charge is 2.31. The lowest BCUT2D eigenvalue weighted by molar-refractivity contribution is 0.131. The van der Waals surface area contributed by atoms with Gasteiger partial charge >= 0.3 is 6.09 Å². The van der Waals surface area contributed by atoms with Gasteiger partial charge in [-0.3, -0.25) is 4.68 Å². The number of nitrogens with zero attached hydrogens (tertiary/aromatic N) is 6. The lowest BCUT2D eigenvalue weighted by Crippen LogP contribution is -2.46. The molecule has 1 N–H and O–H groups in total. The number of hydrogen-bond donors (Lipinski definition) is 1. The van der Waals surface area contributed by atoms with Gasteiger partial charge in [-0.05, 0) is 18.1 Å². The van der Waals surface area contributed by atoms with Crippen LogP contribution in [0.3, 0.4) is 0 Å². The number of ether oxygens (including phenoxy) is 1. The highest BCUT2D eigenvalue weighted by Crippen LogP contribution is 2.29. The molecule has 0 bridgehead atoms. The van der Waals surface area contributed by atoms with Gasteiger partial charge < -0.3 is 15.0 Å². The van der Waals surface area contributed by atoms with Crippen LogP contribution in [0.5, 0.6) is 0 Å². The van der Waals surface area contributed by atoms with E-state index in [-0.39, 0.29) is 25.6 Å². The van der Waals surface area contributed by atoms with Crippen molar-refractivity contribution in [3.8, 4) is 11.3 Å². The Morgan fingerprint density at radius 3 is 2.82 bits per heavy atom. The van der Waals surface area contributed by atoms with Crippen LogP contribution < -0.4 is 10.2 Å². The van der Waals surface area contributed by atoms with E-state index in [1.165, 1.54) is 0 Å². The Bertz CT molecular complexity index is 1270. The van der Waals surface area contributed by atoms with Gasteiger partial charge in [-0.1, -0.05) is 30.3 Å². The number of rotatable bonds is 6. The minimum atomic E-state index is -1.12. The van der Waals surface area contributed by atoms with Crippen LogP contribution in [-0.4, -0.2) is 56.3 Å². The summed E-state index contributed by atoms with van der Waals surface area (Å²) in [5.74, 6) is 0.401. The van der Waals surface area contributed by atoms with E-state index in [0.29, 0.717) is 18.8 Å². The van der Waals surface area contributed by atoms with E-state index in [1.807, 2.05) is 60.7 Å². The maximum atomic E-state index is 15.1. The zero-order valence-corrected chi connectivity index (χ0v) is 18.8. The Morgan fingerprint density at radius 1 is 1.21 bits per heavy atom. The third-order valence-corrected chi connectivity index (χ3v) is 6.07. The van der Waals surface area contributed by atoms with Crippen molar-refractivity contribution in [1.82, 2.24) is 29.7 Å². The second kappa shape index (κ2) is 9.50. The third-order valence-electron chi connectivity index (χ3n) is 6.07. The Morgan fingerprint density at radius 2 is 2.06 bits per heavy atom. The van der Waals surface area contributed by atoms with E-state index >= 15 is 4.39 Å². The number of carbonyl (C=O) groups excluding carboxylic acids is 1. The number of aryl methyl sites for hydroxylation is 1. The topological polar surface area (TPSA) is 89.6 Å². The highest BCUT2D eigenvalue weighted by molar-refractivity contribution is 5.73. The molecule has 0 unspecified atom stereocenters. The monoisotopic (exact) mass is 463 g/mol. The van der Waals surface area contributed by atoms with Gasteiger partial charge in [0.2, 0.25) is 0 Å². The molecule has 1 fully saturated rings. The molecule has 0 radical (unpaired) electrons. The predicted molar refractivity (Wildman–Crippen MR) is 125 cm³/mol. The van der Waals surface area contributed by atoms with Crippen molar-refractivity contribution >= 4 is 17.4 Å². The zero-order valence-electron chi connectivity index (χ0n) is 18.8. The Labute approximate surface area is 196 Å². The predicted octanol–water partition coefficient (Wildman–Crippen LogP) is 3.22. The molecule has 9 nitrogen and oxygen atoms in total. The van der Waals surface area contributed by atoms with Gasteiger partial charge in [0, 0.05) is 37.8 Å². The normalized spacial score (nSPS) is 18.2. The van der Waals surface area contributed by atoms with Gasteiger partial charge in [-0.15, -0.1) is 0 Å². The summed E-state index contributed by atoms with van der Waals surface area (Å²) in [4.78, 5) is 18.8. The number of piperidine rings is 1. The van der Waals surface area contributed by atoms with Crippen LogP contribution in [0.15, 0.2) is 61.2 Å². The van der Waals surface area contributed by atoms with E-state index in [0.717, 1.165) is 22.3 Å². The first-order valence-corrected chi connectivity index (χ1v) is 11.2. The molecule has 0 saturated carbocycles. The number of carbonyl (C=O) groups is 1. The maximum Gasteiger partial charge on any atom is 0.407 e. The van der Waals surface area contributed by atoms with E-state index in [2.05, 4.69) is 15.5 Å². The molecule has 0 spiro atoms. The molecule has 1 amide bonds. The first-order chi connectivity index (χ1) is 16.6.